The number of nitrogens with zero attached hydrogens (tertiary/aromatic N) is 2. The minimum absolute atomic E-state index is 0. The van der Waals surface area contributed by atoms with Gasteiger partial charge in [-0.25, -0.2) is 4.99 Å². The third-order valence-electron chi connectivity index (χ3n) is 5.22. The van der Waals surface area contributed by atoms with Gasteiger partial charge in [0.2, 0.25) is 0 Å². The van der Waals surface area contributed by atoms with Gasteiger partial charge in [-0.2, -0.15) is 0 Å². The van der Waals surface area contributed by atoms with Crippen LogP contribution in [0.4, 0.5) is 0 Å². The van der Waals surface area contributed by atoms with Gasteiger partial charge in [-0.15, -0.1) is 24.0 Å². The lowest BCUT2D eigenvalue weighted by Gasteiger charge is -2.18. The molecule has 1 unspecified atom stereocenters. The zero-order chi connectivity index (χ0) is 22.9. The largest absolute Gasteiger partial charge is 0.488 e. The first-order valence-corrected chi connectivity index (χ1v) is 11.1. The molecule has 180 valence electrons. The summed E-state index contributed by atoms with van der Waals surface area (Å²) in [6.45, 7) is 7.39. The Morgan fingerprint density at radius 2 is 1.94 bits per heavy atom. The van der Waals surface area contributed by atoms with Crippen molar-refractivity contribution < 1.29 is 14.3 Å². The molecule has 0 spiro atoms. The van der Waals surface area contributed by atoms with Gasteiger partial charge < -0.3 is 25.0 Å². The fraction of sp³-hybridized carbons (Fsp3) is 0.440. The highest BCUT2D eigenvalue weighted by molar-refractivity contribution is 14.0. The van der Waals surface area contributed by atoms with Crippen molar-refractivity contribution in [1.82, 2.24) is 15.5 Å². The van der Waals surface area contributed by atoms with Gasteiger partial charge in [0.1, 0.15) is 11.9 Å². The van der Waals surface area contributed by atoms with Crippen molar-refractivity contribution in [3.8, 4) is 5.75 Å². The Morgan fingerprint density at radius 1 is 1.18 bits per heavy atom. The van der Waals surface area contributed by atoms with E-state index < -0.39 is 0 Å². The molecule has 0 saturated carbocycles. The minimum Gasteiger partial charge on any atom is -0.488 e. The lowest BCUT2D eigenvalue weighted by molar-refractivity contribution is 0.0827. The van der Waals surface area contributed by atoms with Gasteiger partial charge in [0.05, 0.1) is 19.8 Å². The first-order chi connectivity index (χ1) is 15.5. The number of guanidine groups is 1. The molecule has 0 radical (unpaired) electrons. The third-order valence-corrected chi connectivity index (χ3v) is 5.22. The summed E-state index contributed by atoms with van der Waals surface area (Å²) in [5.41, 5.74) is 3.96. The van der Waals surface area contributed by atoms with Crippen LogP contribution in [-0.4, -0.2) is 56.7 Å². The molecule has 1 atom stereocenters. The normalized spacial score (nSPS) is 15.5. The van der Waals surface area contributed by atoms with Crippen LogP contribution in [0.1, 0.15) is 40.4 Å². The van der Waals surface area contributed by atoms with Crippen LogP contribution in [0.5, 0.6) is 5.75 Å². The summed E-state index contributed by atoms with van der Waals surface area (Å²) in [6.07, 6.45) is 1.03. The number of aliphatic imine (C=N–C) groups is 1. The number of amides is 1. The topological polar surface area (TPSA) is 75.2 Å². The Balaban J connectivity index is 0.00000385. The first kappa shape index (κ1) is 26.9. The van der Waals surface area contributed by atoms with E-state index in [1.54, 1.807) is 19.0 Å². The van der Waals surface area contributed by atoms with E-state index in [0.717, 1.165) is 42.4 Å². The molecule has 2 N–H and O–H groups in total. The zero-order valence-electron chi connectivity index (χ0n) is 19.9. The van der Waals surface area contributed by atoms with Crippen LogP contribution in [0.2, 0.25) is 0 Å². The maximum Gasteiger partial charge on any atom is 0.253 e. The Kier molecular flexibility index (Phi) is 10.9. The Labute approximate surface area is 214 Å². The predicted molar refractivity (Wildman–Crippen MR) is 143 cm³/mol. The molecule has 0 aliphatic carbocycles. The smallest absolute Gasteiger partial charge is 0.253 e. The number of hydrogen-bond donors (Lipinski definition) is 2. The highest BCUT2D eigenvalue weighted by Gasteiger charge is 2.18. The lowest BCUT2D eigenvalue weighted by Crippen LogP contribution is -2.37. The fourth-order valence-corrected chi connectivity index (χ4v) is 3.40. The standard InChI is InChI=1S/C25H34N4O3.HI/c1-5-26-25(27-15-19-7-10-20(11-8-19)24(30)29(3)4)28-16-21-9-6-18(2)14-23(21)32-22-12-13-31-17-22;/h6-11,14,22H,5,12-13,15-17H2,1-4H3,(H2,26,27,28);1H. The van der Waals surface area contributed by atoms with E-state index in [1.165, 1.54) is 5.56 Å². The molecule has 2 aromatic carbocycles. The fourth-order valence-electron chi connectivity index (χ4n) is 3.40. The van der Waals surface area contributed by atoms with Crippen molar-refractivity contribution in [3.05, 3.63) is 64.7 Å². The Hall–Kier alpha value is -2.33. The number of carbonyl (C=O) groups excluding carboxylic acids is 1. The van der Waals surface area contributed by atoms with Crippen molar-refractivity contribution >= 4 is 35.8 Å². The van der Waals surface area contributed by atoms with Crippen molar-refractivity contribution in [2.75, 3.05) is 33.9 Å². The summed E-state index contributed by atoms with van der Waals surface area (Å²) in [6, 6.07) is 13.8. The second kappa shape index (κ2) is 13.4. The van der Waals surface area contributed by atoms with E-state index in [2.05, 4.69) is 35.8 Å². The number of nitrogens with one attached hydrogen (secondary N) is 2. The van der Waals surface area contributed by atoms with Gasteiger partial charge in [-0.05, 0) is 43.2 Å². The van der Waals surface area contributed by atoms with Crippen LogP contribution in [0.15, 0.2) is 47.5 Å². The molecular weight excluding hydrogens is 531 g/mol. The van der Waals surface area contributed by atoms with Gasteiger partial charge in [0.25, 0.3) is 5.91 Å². The monoisotopic (exact) mass is 566 g/mol. The van der Waals surface area contributed by atoms with E-state index in [9.17, 15) is 4.79 Å². The first-order valence-electron chi connectivity index (χ1n) is 11.1. The molecule has 1 saturated heterocycles. The van der Waals surface area contributed by atoms with E-state index in [4.69, 9.17) is 14.5 Å². The molecule has 0 aromatic heterocycles. The van der Waals surface area contributed by atoms with E-state index in [1.807, 2.05) is 31.2 Å². The van der Waals surface area contributed by atoms with Crippen molar-refractivity contribution in [2.45, 2.75) is 39.5 Å². The summed E-state index contributed by atoms with van der Waals surface area (Å²) >= 11 is 0. The molecule has 33 heavy (non-hydrogen) atoms. The molecule has 8 heteroatoms. The van der Waals surface area contributed by atoms with Gasteiger partial charge >= 0.3 is 0 Å². The van der Waals surface area contributed by atoms with Gasteiger partial charge in [0, 0.05) is 44.7 Å². The number of hydrogen-bond acceptors (Lipinski definition) is 4. The summed E-state index contributed by atoms with van der Waals surface area (Å²) < 4.78 is 11.6. The van der Waals surface area contributed by atoms with Crippen LogP contribution in [0, 0.1) is 6.92 Å². The molecular formula is C25H35IN4O3. The molecule has 1 fully saturated rings. The Morgan fingerprint density at radius 3 is 2.58 bits per heavy atom. The number of halogens is 1. The zero-order valence-corrected chi connectivity index (χ0v) is 22.2. The second-order valence-electron chi connectivity index (χ2n) is 8.16. The molecule has 1 aliphatic heterocycles. The van der Waals surface area contributed by atoms with Crippen LogP contribution < -0.4 is 15.4 Å². The van der Waals surface area contributed by atoms with Crippen LogP contribution in [0.3, 0.4) is 0 Å². The molecule has 7 nitrogen and oxygen atoms in total. The molecule has 1 amide bonds. The van der Waals surface area contributed by atoms with Gasteiger partial charge in [0.15, 0.2) is 5.96 Å². The highest BCUT2D eigenvalue weighted by atomic mass is 127. The summed E-state index contributed by atoms with van der Waals surface area (Å²) in [5.74, 6) is 1.62. The molecule has 1 aliphatic rings. The average molecular weight is 566 g/mol. The minimum atomic E-state index is -0.00431. The third kappa shape index (κ3) is 8.19. The van der Waals surface area contributed by atoms with E-state index in [-0.39, 0.29) is 36.0 Å². The average Bonchev–Trinajstić information content (AvgIpc) is 3.29. The molecule has 3 rings (SSSR count). The maximum atomic E-state index is 12.0. The number of rotatable bonds is 8. The molecule has 0 bridgehead atoms. The SMILES string of the molecule is CCNC(=NCc1ccc(C(=O)N(C)C)cc1)NCc1ccc(C)cc1OC1CCOC1.I. The number of carbonyl (C=O) groups is 1. The Bertz CT molecular complexity index is 926. The van der Waals surface area contributed by atoms with E-state index in [0.29, 0.717) is 25.3 Å². The number of benzene rings is 2. The highest BCUT2D eigenvalue weighted by Crippen LogP contribution is 2.23. The molecule has 2 aromatic rings. The lowest BCUT2D eigenvalue weighted by atomic mass is 10.1. The summed E-state index contributed by atoms with van der Waals surface area (Å²) in [5, 5.41) is 6.69. The second-order valence-corrected chi connectivity index (χ2v) is 8.16. The van der Waals surface area contributed by atoms with Crippen LogP contribution in [-0.2, 0) is 17.8 Å². The van der Waals surface area contributed by atoms with Gasteiger partial charge in [-0.1, -0.05) is 24.3 Å². The number of aryl methyl sites for hydroxylation is 1. The van der Waals surface area contributed by atoms with Crippen LogP contribution in [0.25, 0.3) is 0 Å². The maximum absolute atomic E-state index is 12.0. The van der Waals surface area contributed by atoms with Gasteiger partial charge in [-0.3, -0.25) is 4.79 Å². The van der Waals surface area contributed by atoms with Crippen molar-refractivity contribution in [2.24, 2.45) is 4.99 Å². The quantitative estimate of drug-likeness (QED) is 0.290. The van der Waals surface area contributed by atoms with Crippen molar-refractivity contribution in [3.63, 3.8) is 0 Å². The number of ether oxygens (including phenoxy) is 2. The summed E-state index contributed by atoms with van der Waals surface area (Å²) in [4.78, 5) is 18.3. The molecule has 1 heterocycles. The van der Waals surface area contributed by atoms with Crippen molar-refractivity contribution in [1.29, 1.82) is 0 Å². The predicted octanol–water partition coefficient (Wildman–Crippen LogP) is 3.74. The van der Waals surface area contributed by atoms with Crippen LogP contribution >= 0.6 is 24.0 Å². The summed E-state index contributed by atoms with van der Waals surface area (Å²) in [7, 11) is 3.50. The van der Waals surface area contributed by atoms with E-state index >= 15 is 0 Å².